The van der Waals surface area contributed by atoms with Crippen molar-refractivity contribution in [2.45, 2.75) is 26.0 Å². The topological polar surface area (TPSA) is 151 Å². The van der Waals surface area contributed by atoms with Crippen molar-refractivity contribution >= 4 is 29.0 Å². The maximum atomic E-state index is 11.9. The Balaban J connectivity index is 2.28. The third-order valence-electron chi connectivity index (χ3n) is 5.19. The Morgan fingerprint density at radius 3 is 1.81 bits per heavy atom. The summed E-state index contributed by atoms with van der Waals surface area (Å²) >= 11 is 0. The third kappa shape index (κ3) is 7.28. The van der Waals surface area contributed by atoms with Gasteiger partial charge in [0.15, 0.2) is 6.10 Å². The van der Waals surface area contributed by atoms with Gasteiger partial charge in [-0.15, -0.1) is 0 Å². The Bertz CT molecular complexity index is 1280. The van der Waals surface area contributed by atoms with Gasteiger partial charge in [-0.25, -0.2) is 0 Å². The van der Waals surface area contributed by atoms with E-state index in [9.17, 15) is 29.8 Å². The number of benzene rings is 3. The highest BCUT2D eigenvalue weighted by atomic mass is 16.6. The van der Waals surface area contributed by atoms with Crippen molar-refractivity contribution in [1.82, 2.24) is 0 Å². The second-order valence-corrected chi connectivity index (χ2v) is 7.90. The van der Waals surface area contributed by atoms with E-state index in [1.807, 2.05) is 0 Å². The molecule has 2 atom stereocenters. The van der Waals surface area contributed by atoms with Crippen LogP contribution in [0.15, 0.2) is 83.9 Å². The van der Waals surface area contributed by atoms with Crippen LogP contribution in [0.2, 0.25) is 0 Å². The fraction of sp³-hybridized carbons (Fsp3) is 0.192. The van der Waals surface area contributed by atoms with Crippen molar-refractivity contribution in [3.8, 4) is 0 Å². The van der Waals surface area contributed by atoms with Crippen molar-refractivity contribution in [3.05, 3.63) is 116 Å². The second-order valence-electron chi connectivity index (χ2n) is 7.90. The number of aliphatic imine (C=N–C) groups is 1. The SMILES string of the molecule is CC(=O)OC[C@@H](OC(C)=O)[C@@H](N=C(c1cccc([N+](=O)[O-])c1)c1cccc([N+](=O)[O-])c1)c1ccccc1. The van der Waals surface area contributed by atoms with Gasteiger partial charge in [0.1, 0.15) is 12.6 Å². The van der Waals surface area contributed by atoms with E-state index in [4.69, 9.17) is 14.5 Å². The van der Waals surface area contributed by atoms with Gasteiger partial charge in [0.2, 0.25) is 0 Å². The van der Waals surface area contributed by atoms with Crippen LogP contribution in [-0.4, -0.2) is 40.2 Å². The largest absolute Gasteiger partial charge is 0.462 e. The molecule has 37 heavy (non-hydrogen) atoms. The summed E-state index contributed by atoms with van der Waals surface area (Å²) in [6, 6.07) is 19.1. The zero-order chi connectivity index (χ0) is 26.9. The van der Waals surface area contributed by atoms with Crippen LogP contribution >= 0.6 is 0 Å². The molecule has 0 aliphatic carbocycles. The molecule has 0 N–H and O–H groups in total. The zero-order valence-electron chi connectivity index (χ0n) is 20.0. The van der Waals surface area contributed by atoms with Crippen LogP contribution in [0.5, 0.6) is 0 Å². The summed E-state index contributed by atoms with van der Waals surface area (Å²) in [5, 5.41) is 22.9. The first kappa shape index (κ1) is 26.7. The summed E-state index contributed by atoms with van der Waals surface area (Å²) < 4.78 is 10.6. The molecule has 0 heterocycles. The highest BCUT2D eigenvalue weighted by Crippen LogP contribution is 2.29. The van der Waals surface area contributed by atoms with Crippen molar-refractivity contribution in [2.24, 2.45) is 4.99 Å². The van der Waals surface area contributed by atoms with Crippen LogP contribution in [0.3, 0.4) is 0 Å². The monoisotopic (exact) mass is 505 g/mol. The minimum Gasteiger partial charge on any atom is -0.462 e. The Kier molecular flexibility index (Phi) is 8.76. The molecule has 0 saturated carbocycles. The van der Waals surface area contributed by atoms with Crippen LogP contribution in [0.4, 0.5) is 11.4 Å². The average molecular weight is 505 g/mol. The van der Waals surface area contributed by atoms with Crippen LogP contribution < -0.4 is 0 Å². The molecule has 0 aliphatic rings. The van der Waals surface area contributed by atoms with Crippen molar-refractivity contribution in [3.63, 3.8) is 0 Å². The van der Waals surface area contributed by atoms with Gasteiger partial charge in [-0.1, -0.05) is 54.6 Å². The first-order valence-corrected chi connectivity index (χ1v) is 11.1. The van der Waals surface area contributed by atoms with Gasteiger partial charge in [-0.3, -0.25) is 34.8 Å². The standard InChI is InChI=1S/C26H23N3O8/c1-17(30)36-16-24(37-18(2)31)26(19-8-4-3-5-9-19)27-25(20-10-6-12-22(14-20)28(32)33)21-11-7-13-23(15-21)29(34)35/h3-15,24,26H,16H2,1-2H3/t24-,26+/m1/s1. The lowest BCUT2D eigenvalue weighted by molar-refractivity contribution is -0.385. The molecule has 0 unspecified atom stereocenters. The van der Waals surface area contributed by atoms with E-state index in [0.717, 1.165) is 0 Å². The van der Waals surface area contributed by atoms with Gasteiger partial charge in [0.25, 0.3) is 11.4 Å². The van der Waals surface area contributed by atoms with E-state index in [1.54, 1.807) is 42.5 Å². The molecular weight excluding hydrogens is 482 g/mol. The first-order valence-electron chi connectivity index (χ1n) is 11.1. The van der Waals surface area contributed by atoms with Crippen LogP contribution in [0.25, 0.3) is 0 Å². The normalized spacial score (nSPS) is 12.1. The van der Waals surface area contributed by atoms with Crippen LogP contribution in [0, 0.1) is 20.2 Å². The number of rotatable bonds is 10. The molecular formula is C26H23N3O8. The molecule has 0 fully saturated rings. The number of carbonyl (C=O) groups excluding carboxylic acids is 2. The van der Waals surface area contributed by atoms with Crippen LogP contribution in [-0.2, 0) is 19.1 Å². The van der Waals surface area contributed by atoms with Crippen LogP contribution in [0.1, 0.15) is 36.6 Å². The quantitative estimate of drug-likeness (QED) is 0.168. The molecule has 3 aromatic carbocycles. The van der Waals surface area contributed by atoms with Crippen molar-refractivity contribution < 1.29 is 28.9 Å². The molecule has 11 heteroatoms. The molecule has 11 nitrogen and oxygen atoms in total. The summed E-state index contributed by atoms with van der Waals surface area (Å²) in [5.74, 6) is -1.23. The van der Waals surface area contributed by atoms with Crippen molar-refractivity contribution in [2.75, 3.05) is 6.61 Å². The molecule has 0 saturated heterocycles. The fourth-order valence-electron chi connectivity index (χ4n) is 3.61. The van der Waals surface area contributed by atoms with E-state index in [0.29, 0.717) is 16.7 Å². The number of carbonyl (C=O) groups is 2. The van der Waals surface area contributed by atoms with Crippen molar-refractivity contribution in [1.29, 1.82) is 0 Å². The minimum absolute atomic E-state index is 0.182. The molecule has 3 aromatic rings. The Morgan fingerprint density at radius 2 is 1.35 bits per heavy atom. The number of esters is 2. The molecule has 0 aromatic heterocycles. The lowest BCUT2D eigenvalue weighted by Crippen LogP contribution is -2.30. The summed E-state index contributed by atoms with van der Waals surface area (Å²) in [6.07, 6.45) is -1.06. The van der Waals surface area contributed by atoms with Gasteiger partial charge < -0.3 is 9.47 Å². The van der Waals surface area contributed by atoms with Gasteiger partial charge in [-0.05, 0) is 5.56 Å². The molecule has 0 aliphatic heterocycles. The first-order chi connectivity index (χ1) is 17.7. The van der Waals surface area contributed by atoms with Gasteiger partial charge in [0, 0.05) is 49.2 Å². The zero-order valence-corrected chi connectivity index (χ0v) is 20.0. The lowest BCUT2D eigenvalue weighted by Gasteiger charge is -2.25. The number of non-ortho nitro benzene ring substituents is 2. The third-order valence-corrected chi connectivity index (χ3v) is 5.19. The molecule has 0 radical (unpaired) electrons. The predicted octanol–water partition coefficient (Wildman–Crippen LogP) is 4.58. The van der Waals surface area contributed by atoms with Gasteiger partial charge >= 0.3 is 11.9 Å². The molecule has 3 rings (SSSR count). The average Bonchev–Trinajstić information content (AvgIpc) is 2.87. The fourth-order valence-corrected chi connectivity index (χ4v) is 3.61. The smallest absolute Gasteiger partial charge is 0.303 e. The van der Waals surface area contributed by atoms with Gasteiger partial charge in [-0.2, -0.15) is 0 Å². The van der Waals surface area contributed by atoms with E-state index in [-0.39, 0.29) is 23.7 Å². The molecule has 0 amide bonds. The summed E-state index contributed by atoms with van der Waals surface area (Å²) in [6.45, 7) is 2.10. The number of nitro benzene ring substituents is 2. The number of ether oxygens (including phenoxy) is 2. The van der Waals surface area contributed by atoms with Gasteiger partial charge in [0.05, 0.1) is 15.6 Å². The Labute approximate surface area is 211 Å². The highest BCUT2D eigenvalue weighted by molar-refractivity contribution is 6.13. The number of hydrogen-bond donors (Lipinski definition) is 0. The highest BCUT2D eigenvalue weighted by Gasteiger charge is 2.29. The summed E-state index contributed by atoms with van der Waals surface area (Å²) in [4.78, 5) is 50.1. The lowest BCUT2D eigenvalue weighted by atomic mass is 9.97. The summed E-state index contributed by atoms with van der Waals surface area (Å²) in [7, 11) is 0. The maximum absolute atomic E-state index is 11.9. The number of hydrogen-bond acceptors (Lipinski definition) is 9. The summed E-state index contributed by atoms with van der Waals surface area (Å²) in [5.41, 5.74) is 0.983. The maximum Gasteiger partial charge on any atom is 0.303 e. The van der Waals surface area contributed by atoms with E-state index >= 15 is 0 Å². The van der Waals surface area contributed by atoms with E-state index < -0.39 is 33.9 Å². The number of nitro groups is 2. The second kappa shape index (κ2) is 12.2. The molecule has 0 bridgehead atoms. The predicted molar refractivity (Wildman–Crippen MR) is 133 cm³/mol. The Hall–Kier alpha value is -4.93. The van der Waals surface area contributed by atoms with E-state index in [1.165, 1.54) is 50.2 Å². The Morgan fingerprint density at radius 1 is 0.811 bits per heavy atom. The number of nitrogens with zero attached hydrogens (tertiary/aromatic N) is 3. The van der Waals surface area contributed by atoms with E-state index in [2.05, 4.69) is 0 Å². The minimum atomic E-state index is -1.06. The molecule has 0 spiro atoms. The molecule has 190 valence electrons.